The van der Waals surface area contributed by atoms with Gasteiger partial charge in [-0.1, -0.05) is 35.0 Å². The third kappa shape index (κ3) is 4.33. The topological polar surface area (TPSA) is 75.6 Å². The number of hydrogen-bond donors (Lipinski definition) is 0. The fourth-order valence-corrected chi connectivity index (χ4v) is 4.90. The molecule has 0 saturated carbocycles. The van der Waals surface area contributed by atoms with Crippen LogP contribution in [0.15, 0.2) is 23.4 Å². The average Bonchev–Trinajstić information content (AvgIpc) is 3.10. The Morgan fingerprint density at radius 3 is 2.58 bits per heavy atom. The van der Waals surface area contributed by atoms with Crippen molar-refractivity contribution in [1.29, 1.82) is 0 Å². The van der Waals surface area contributed by atoms with E-state index in [1.807, 2.05) is 17.2 Å². The van der Waals surface area contributed by atoms with Gasteiger partial charge in [0.1, 0.15) is 5.69 Å². The molecule has 0 unspecified atom stereocenters. The minimum absolute atomic E-state index is 0.0265. The molecule has 31 heavy (non-hydrogen) atoms. The molecule has 1 fully saturated rings. The summed E-state index contributed by atoms with van der Waals surface area (Å²) in [4.78, 5) is 38.0. The van der Waals surface area contributed by atoms with Crippen molar-refractivity contribution in [3.63, 3.8) is 0 Å². The summed E-state index contributed by atoms with van der Waals surface area (Å²) in [5, 5.41) is 1.54. The van der Waals surface area contributed by atoms with Crippen molar-refractivity contribution in [1.82, 2.24) is 19.8 Å². The molecule has 4 rings (SSSR count). The second-order valence-corrected chi connectivity index (χ2v) is 8.98. The summed E-state index contributed by atoms with van der Waals surface area (Å²) in [7, 11) is 0. The van der Waals surface area contributed by atoms with Crippen molar-refractivity contribution >= 4 is 47.0 Å². The number of nitrogens with zero attached hydrogens (tertiary/aromatic N) is 4. The van der Waals surface area contributed by atoms with E-state index >= 15 is 0 Å². The van der Waals surface area contributed by atoms with Gasteiger partial charge in [-0.2, -0.15) is 0 Å². The highest BCUT2D eigenvalue weighted by Gasteiger charge is 2.38. The van der Waals surface area contributed by atoms with Crippen LogP contribution in [0.1, 0.15) is 35.8 Å². The highest BCUT2D eigenvalue weighted by Crippen LogP contribution is 2.38. The van der Waals surface area contributed by atoms with Gasteiger partial charge in [-0.15, -0.1) is 0 Å². The number of carbonyl (C=O) groups is 2. The minimum Gasteiger partial charge on any atom is -0.450 e. The Bertz CT molecular complexity index is 1030. The number of benzene rings is 1. The van der Waals surface area contributed by atoms with Gasteiger partial charge >= 0.3 is 6.09 Å². The number of piperidine rings is 1. The summed E-state index contributed by atoms with van der Waals surface area (Å²) in [6, 6.07) is 5.28. The number of fused-ring (bicyclic) bond motifs is 1. The SMILES string of the molecule is CCOC(=O)N1CCC(N2Cc3c(nc(SC)nc3-c3ccc(Cl)cc3Cl)C2=O)CC1. The number of aromatic nitrogens is 2. The molecule has 1 saturated heterocycles. The van der Waals surface area contributed by atoms with Gasteiger partial charge in [-0.3, -0.25) is 4.79 Å². The van der Waals surface area contributed by atoms with Crippen LogP contribution in [-0.4, -0.2) is 63.8 Å². The van der Waals surface area contributed by atoms with Crippen molar-refractivity contribution in [2.75, 3.05) is 26.0 Å². The van der Waals surface area contributed by atoms with Crippen LogP contribution in [0, 0.1) is 0 Å². The molecule has 0 N–H and O–H groups in total. The Balaban J connectivity index is 1.61. The van der Waals surface area contributed by atoms with E-state index in [4.69, 9.17) is 27.9 Å². The first-order chi connectivity index (χ1) is 14.9. The van der Waals surface area contributed by atoms with E-state index in [0.29, 0.717) is 65.7 Å². The Morgan fingerprint density at radius 1 is 1.23 bits per heavy atom. The van der Waals surface area contributed by atoms with E-state index in [1.54, 1.807) is 24.0 Å². The monoisotopic (exact) mass is 480 g/mol. The van der Waals surface area contributed by atoms with Crippen molar-refractivity contribution in [2.45, 2.75) is 37.5 Å². The molecule has 0 bridgehead atoms. The Morgan fingerprint density at radius 2 is 1.94 bits per heavy atom. The highest BCUT2D eigenvalue weighted by atomic mass is 35.5. The van der Waals surface area contributed by atoms with Crippen LogP contribution >= 0.6 is 35.0 Å². The number of halogens is 2. The van der Waals surface area contributed by atoms with E-state index in [1.165, 1.54) is 11.8 Å². The number of ether oxygens (including phenoxy) is 1. The molecule has 10 heteroatoms. The minimum atomic E-state index is -0.299. The first-order valence-electron chi connectivity index (χ1n) is 10.1. The summed E-state index contributed by atoms with van der Waals surface area (Å²) < 4.78 is 5.09. The van der Waals surface area contributed by atoms with E-state index in [2.05, 4.69) is 9.97 Å². The molecule has 1 aromatic carbocycles. The zero-order chi connectivity index (χ0) is 22.1. The van der Waals surface area contributed by atoms with Gasteiger partial charge in [0.05, 0.1) is 23.9 Å². The van der Waals surface area contributed by atoms with Crippen molar-refractivity contribution in [2.24, 2.45) is 0 Å². The molecule has 3 heterocycles. The molecular weight excluding hydrogens is 459 g/mol. The largest absolute Gasteiger partial charge is 0.450 e. The van der Waals surface area contributed by atoms with Gasteiger partial charge in [0.25, 0.3) is 5.91 Å². The quantitative estimate of drug-likeness (QED) is 0.464. The van der Waals surface area contributed by atoms with Gasteiger partial charge in [0.2, 0.25) is 0 Å². The van der Waals surface area contributed by atoms with E-state index < -0.39 is 0 Å². The lowest BCUT2D eigenvalue weighted by Crippen LogP contribution is -2.47. The van der Waals surface area contributed by atoms with Crippen LogP contribution in [0.2, 0.25) is 10.0 Å². The smallest absolute Gasteiger partial charge is 0.409 e. The summed E-state index contributed by atoms with van der Waals surface area (Å²) in [6.07, 6.45) is 2.96. The van der Waals surface area contributed by atoms with Crippen LogP contribution in [0.3, 0.4) is 0 Å². The van der Waals surface area contributed by atoms with Crippen molar-refractivity contribution in [3.05, 3.63) is 39.5 Å². The van der Waals surface area contributed by atoms with E-state index in [9.17, 15) is 9.59 Å². The lowest BCUT2D eigenvalue weighted by molar-refractivity contribution is 0.0555. The van der Waals surface area contributed by atoms with Gasteiger partial charge < -0.3 is 14.5 Å². The second kappa shape index (κ2) is 9.22. The molecule has 0 aliphatic carbocycles. The van der Waals surface area contributed by atoms with Crippen LogP contribution in [0.4, 0.5) is 4.79 Å². The summed E-state index contributed by atoms with van der Waals surface area (Å²) in [5.41, 5.74) is 2.59. The fraction of sp³-hybridized carbons (Fsp3) is 0.429. The van der Waals surface area contributed by atoms with Crippen molar-refractivity contribution < 1.29 is 14.3 Å². The van der Waals surface area contributed by atoms with Crippen LogP contribution in [0.25, 0.3) is 11.3 Å². The van der Waals surface area contributed by atoms with E-state index in [-0.39, 0.29) is 18.0 Å². The number of hydrogen-bond acceptors (Lipinski definition) is 6. The first-order valence-corrected chi connectivity index (χ1v) is 12.0. The maximum Gasteiger partial charge on any atom is 0.409 e. The zero-order valence-electron chi connectivity index (χ0n) is 17.2. The molecule has 7 nitrogen and oxygen atoms in total. The number of rotatable bonds is 4. The van der Waals surface area contributed by atoms with Gasteiger partial charge in [0, 0.05) is 35.3 Å². The standard InChI is InChI=1S/C21H22Cl2N4O3S/c1-3-30-21(29)26-8-6-13(7-9-26)27-11-15-17(14-5-4-12(22)10-16(14)23)24-20(31-2)25-18(15)19(27)28/h4-5,10,13H,3,6-9,11H2,1-2H3. The predicted octanol–water partition coefficient (Wildman–Crippen LogP) is 4.75. The van der Waals surface area contributed by atoms with Gasteiger partial charge in [-0.05, 0) is 44.2 Å². The zero-order valence-corrected chi connectivity index (χ0v) is 19.6. The van der Waals surface area contributed by atoms with Crippen LogP contribution < -0.4 is 0 Å². The summed E-state index contributed by atoms with van der Waals surface area (Å²) in [6.45, 7) is 3.67. The molecule has 1 aromatic heterocycles. The molecule has 2 aliphatic heterocycles. The molecule has 2 aromatic rings. The fourth-order valence-electron chi connectivity index (χ4n) is 4.03. The third-order valence-electron chi connectivity index (χ3n) is 5.58. The van der Waals surface area contributed by atoms with Gasteiger partial charge in [0.15, 0.2) is 5.16 Å². The highest BCUT2D eigenvalue weighted by molar-refractivity contribution is 7.98. The summed E-state index contributed by atoms with van der Waals surface area (Å²) in [5.74, 6) is -0.103. The maximum absolute atomic E-state index is 13.3. The van der Waals surface area contributed by atoms with Crippen molar-refractivity contribution in [3.8, 4) is 11.3 Å². The molecule has 0 radical (unpaired) electrons. The number of amides is 2. The molecule has 2 amide bonds. The molecule has 0 atom stereocenters. The Kier molecular flexibility index (Phi) is 6.60. The summed E-state index contributed by atoms with van der Waals surface area (Å²) >= 11 is 13.9. The predicted molar refractivity (Wildman–Crippen MR) is 121 cm³/mol. The molecule has 2 aliphatic rings. The number of likely N-dealkylation sites (tertiary alicyclic amines) is 1. The number of thioether (sulfide) groups is 1. The average molecular weight is 481 g/mol. The first kappa shape index (κ1) is 22.2. The van der Waals surface area contributed by atoms with Crippen LogP contribution in [-0.2, 0) is 11.3 Å². The third-order valence-corrected chi connectivity index (χ3v) is 6.67. The van der Waals surface area contributed by atoms with Crippen LogP contribution in [0.5, 0.6) is 0 Å². The van der Waals surface area contributed by atoms with E-state index in [0.717, 1.165) is 11.1 Å². The Labute approximate surface area is 195 Å². The lowest BCUT2D eigenvalue weighted by atomic mass is 10.0. The second-order valence-electron chi connectivity index (χ2n) is 7.36. The number of carbonyl (C=O) groups excluding carboxylic acids is 2. The lowest BCUT2D eigenvalue weighted by Gasteiger charge is -2.36. The molecule has 0 spiro atoms. The maximum atomic E-state index is 13.3. The van der Waals surface area contributed by atoms with Gasteiger partial charge in [-0.25, -0.2) is 14.8 Å². The normalized spacial score (nSPS) is 16.6. The Hall–Kier alpha value is -2.03. The molecular formula is C21H22Cl2N4O3S. The molecule has 164 valence electrons.